The molecule has 23 heavy (non-hydrogen) atoms. The number of nitrogens with zero attached hydrogens (tertiary/aromatic N) is 3. The molecule has 0 saturated heterocycles. The number of benzene rings is 1. The fourth-order valence-corrected chi connectivity index (χ4v) is 2.88. The Bertz CT molecular complexity index is 626. The number of halogens is 1. The van der Waals surface area contributed by atoms with Crippen LogP contribution in [0, 0.1) is 5.82 Å². The Labute approximate surface area is 135 Å². The van der Waals surface area contributed by atoms with Crippen LogP contribution in [0.25, 0.3) is 0 Å². The predicted molar refractivity (Wildman–Crippen MR) is 88.7 cm³/mol. The highest BCUT2D eigenvalue weighted by Crippen LogP contribution is 2.20. The van der Waals surface area contributed by atoms with Crippen molar-refractivity contribution in [1.29, 1.82) is 0 Å². The quantitative estimate of drug-likeness (QED) is 0.823. The maximum absolute atomic E-state index is 13.6. The molecule has 122 valence electrons. The van der Waals surface area contributed by atoms with E-state index in [1.807, 2.05) is 6.07 Å². The van der Waals surface area contributed by atoms with Crippen molar-refractivity contribution in [3.05, 3.63) is 41.8 Å². The van der Waals surface area contributed by atoms with Gasteiger partial charge in [0.2, 0.25) is 5.95 Å². The van der Waals surface area contributed by atoms with E-state index in [9.17, 15) is 4.39 Å². The number of rotatable bonds is 5. The third kappa shape index (κ3) is 4.61. The second kappa shape index (κ2) is 7.85. The maximum Gasteiger partial charge on any atom is 0.244 e. The van der Waals surface area contributed by atoms with E-state index < -0.39 is 0 Å². The van der Waals surface area contributed by atoms with E-state index in [-0.39, 0.29) is 5.82 Å². The summed E-state index contributed by atoms with van der Waals surface area (Å²) in [6.07, 6.45) is 8.96. The number of nitrogens with one attached hydrogen (secondary N) is 2. The molecular weight excluding hydrogens is 293 g/mol. The molecule has 3 rings (SSSR count). The van der Waals surface area contributed by atoms with Crippen molar-refractivity contribution < 1.29 is 4.39 Å². The first-order valence-electron chi connectivity index (χ1n) is 8.25. The van der Waals surface area contributed by atoms with E-state index in [1.165, 1.54) is 31.7 Å². The van der Waals surface area contributed by atoms with E-state index in [1.54, 1.807) is 18.3 Å². The summed E-state index contributed by atoms with van der Waals surface area (Å²) in [4.78, 5) is 4.42. The molecular formula is C17H22FN5. The molecule has 0 bridgehead atoms. The molecule has 2 aromatic rings. The lowest BCUT2D eigenvalue weighted by Gasteiger charge is -2.16. The Balaban J connectivity index is 1.59. The van der Waals surface area contributed by atoms with Crippen LogP contribution in [0.4, 0.5) is 16.2 Å². The Morgan fingerprint density at radius 1 is 1.09 bits per heavy atom. The number of anilines is 2. The third-order valence-electron chi connectivity index (χ3n) is 4.17. The molecule has 1 aromatic heterocycles. The van der Waals surface area contributed by atoms with Crippen molar-refractivity contribution in [3.8, 4) is 0 Å². The predicted octanol–water partition coefficient (Wildman–Crippen LogP) is 3.76. The monoisotopic (exact) mass is 315 g/mol. The van der Waals surface area contributed by atoms with Crippen LogP contribution in [0.15, 0.2) is 30.5 Å². The Morgan fingerprint density at radius 3 is 2.65 bits per heavy atom. The Kier molecular flexibility index (Phi) is 5.34. The molecule has 5 nitrogen and oxygen atoms in total. The maximum atomic E-state index is 13.6. The highest BCUT2D eigenvalue weighted by molar-refractivity contribution is 5.38. The fraction of sp³-hybridized carbons (Fsp3) is 0.471. The highest BCUT2D eigenvalue weighted by atomic mass is 19.1. The van der Waals surface area contributed by atoms with Crippen molar-refractivity contribution in [2.24, 2.45) is 0 Å². The molecule has 1 aliphatic carbocycles. The van der Waals surface area contributed by atoms with Crippen LogP contribution in [0.3, 0.4) is 0 Å². The molecule has 1 aliphatic rings. The van der Waals surface area contributed by atoms with Gasteiger partial charge >= 0.3 is 0 Å². The smallest absolute Gasteiger partial charge is 0.244 e. The summed E-state index contributed by atoms with van der Waals surface area (Å²) in [6, 6.07) is 7.12. The second-order valence-electron chi connectivity index (χ2n) is 5.94. The van der Waals surface area contributed by atoms with Gasteiger partial charge in [0.05, 0.1) is 6.20 Å². The van der Waals surface area contributed by atoms with Gasteiger partial charge in [0, 0.05) is 18.2 Å². The van der Waals surface area contributed by atoms with Crippen LogP contribution < -0.4 is 10.6 Å². The van der Waals surface area contributed by atoms with Gasteiger partial charge < -0.3 is 10.6 Å². The molecule has 0 amide bonds. The van der Waals surface area contributed by atoms with E-state index >= 15 is 0 Å². The zero-order chi connectivity index (χ0) is 15.9. The molecule has 6 heteroatoms. The van der Waals surface area contributed by atoms with E-state index in [0.717, 1.165) is 12.8 Å². The minimum absolute atomic E-state index is 0.223. The van der Waals surface area contributed by atoms with Gasteiger partial charge in [0.25, 0.3) is 0 Å². The van der Waals surface area contributed by atoms with Crippen LogP contribution in [-0.4, -0.2) is 21.2 Å². The van der Waals surface area contributed by atoms with E-state index in [0.29, 0.717) is 29.9 Å². The largest absolute Gasteiger partial charge is 0.364 e. The van der Waals surface area contributed by atoms with Gasteiger partial charge in [-0.15, -0.1) is 5.10 Å². The standard InChI is InChI=1S/C17H22FN5/c18-15-10-6-5-7-13(15)11-19-16-12-20-23-17(22-16)21-14-8-3-1-2-4-9-14/h5-7,10,12,14H,1-4,8-9,11H2,(H2,19,21,22,23). The summed E-state index contributed by atoms with van der Waals surface area (Å²) in [5, 5.41) is 14.5. The SMILES string of the molecule is Fc1ccccc1CNc1cnnc(NC2CCCCCC2)n1. The van der Waals surface area contributed by atoms with Crippen LogP contribution in [0.5, 0.6) is 0 Å². The van der Waals surface area contributed by atoms with Crippen LogP contribution >= 0.6 is 0 Å². The summed E-state index contributed by atoms with van der Waals surface area (Å²) in [5.41, 5.74) is 0.601. The van der Waals surface area contributed by atoms with Crippen molar-refractivity contribution in [3.63, 3.8) is 0 Å². The minimum Gasteiger partial charge on any atom is -0.364 e. The fourth-order valence-electron chi connectivity index (χ4n) is 2.88. The summed E-state index contributed by atoms with van der Waals surface area (Å²) in [7, 11) is 0. The number of aromatic nitrogens is 3. The lowest BCUT2D eigenvalue weighted by atomic mass is 10.1. The molecule has 1 saturated carbocycles. The van der Waals surface area contributed by atoms with Crippen LogP contribution in [-0.2, 0) is 6.54 Å². The van der Waals surface area contributed by atoms with Gasteiger partial charge in [-0.2, -0.15) is 10.1 Å². The van der Waals surface area contributed by atoms with E-state index in [2.05, 4.69) is 25.8 Å². The van der Waals surface area contributed by atoms with Crippen molar-refractivity contribution >= 4 is 11.8 Å². The zero-order valence-electron chi connectivity index (χ0n) is 13.1. The van der Waals surface area contributed by atoms with Crippen molar-refractivity contribution in [2.75, 3.05) is 10.6 Å². The van der Waals surface area contributed by atoms with Gasteiger partial charge in [0.1, 0.15) is 5.82 Å². The highest BCUT2D eigenvalue weighted by Gasteiger charge is 2.13. The van der Waals surface area contributed by atoms with Gasteiger partial charge in [-0.1, -0.05) is 43.9 Å². The summed E-state index contributed by atoms with van der Waals surface area (Å²) >= 11 is 0. The summed E-state index contributed by atoms with van der Waals surface area (Å²) < 4.78 is 13.6. The van der Waals surface area contributed by atoms with Crippen LogP contribution in [0.1, 0.15) is 44.1 Å². The molecule has 0 radical (unpaired) electrons. The van der Waals surface area contributed by atoms with E-state index in [4.69, 9.17) is 0 Å². The molecule has 0 spiro atoms. The van der Waals surface area contributed by atoms with Gasteiger partial charge in [0.15, 0.2) is 5.82 Å². The molecule has 0 atom stereocenters. The first-order chi connectivity index (χ1) is 11.3. The number of hydrogen-bond donors (Lipinski definition) is 2. The average molecular weight is 315 g/mol. The molecule has 1 aromatic carbocycles. The Hall–Kier alpha value is -2.24. The van der Waals surface area contributed by atoms with Gasteiger partial charge in [-0.3, -0.25) is 0 Å². The first-order valence-corrected chi connectivity index (χ1v) is 8.25. The first kappa shape index (κ1) is 15.6. The lowest BCUT2D eigenvalue weighted by molar-refractivity contribution is 0.611. The topological polar surface area (TPSA) is 62.7 Å². The molecule has 2 N–H and O–H groups in total. The Morgan fingerprint density at radius 2 is 1.87 bits per heavy atom. The van der Waals surface area contributed by atoms with Crippen molar-refractivity contribution in [1.82, 2.24) is 15.2 Å². The zero-order valence-corrected chi connectivity index (χ0v) is 13.1. The average Bonchev–Trinajstić information content (AvgIpc) is 2.83. The minimum atomic E-state index is -0.223. The molecule has 0 unspecified atom stereocenters. The van der Waals surface area contributed by atoms with Gasteiger partial charge in [-0.05, 0) is 18.9 Å². The molecule has 1 heterocycles. The second-order valence-corrected chi connectivity index (χ2v) is 5.94. The normalized spacial score (nSPS) is 15.9. The number of hydrogen-bond acceptors (Lipinski definition) is 5. The lowest BCUT2D eigenvalue weighted by Crippen LogP contribution is -2.20. The molecule has 1 fully saturated rings. The van der Waals surface area contributed by atoms with Gasteiger partial charge in [-0.25, -0.2) is 4.39 Å². The summed E-state index contributed by atoms with van der Waals surface area (Å²) in [6.45, 7) is 0.369. The third-order valence-corrected chi connectivity index (χ3v) is 4.17. The summed E-state index contributed by atoms with van der Waals surface area (Å²) in [5.74, 6) is 0.911. The van der Waals surface area contributed by atoms with Crippen molar-refractivity contribution in [2.45, 2.75) is 51.1 Å². The molecule has 0 aliphatic heterocycles. The van der Waals surface area contributed by atoms with Crippen LogP contribution in [0.2, 0.25) is 0 Å².